The standard InChI is InChI=1S/C21H29ClN2O5/c1-2-27-15-21(26)24-8-7-19(29-18-5-3-17(22)4-6-18)16(14-24)13-20(25)23-9-11-28-12-10-23/h3-6,16,19H,2,7-15H2,1H3/t16-,19-/m0/s1. The first-order valence-electron chi connectivity index (χ1n) is 10.2. The molecule has 0 aliphatic carbocycles. The average molecular weight is 425 g/mol. The number of morpholine rings is 1. The van der Waals surface area contributed by atoms with Gasteiger partial charge in [-0.3, -0.25) is 9.59 Å². The molecule has 1 aromatic rings. The molecule has 160 valence electrons. The molecule has 2 aliphatic heterocycles. The van der Waals surface area contributed by atoms with Crippen LogP contribution in [-0.4, -0.2) is 80.3 Å². The van der Waals surface area contributed by atoms with Crippen LogP contribution in [0.3, 0.4) is 0 Å². The van der Waals surface area contributed by atoms with Crippen molar-refractivity contribution in [2.45, 2.75) is 25.9 Å². The maximum Gasteiger partial charge on any atom is 0.248 e. The van der Waals surface area contributed by atoms with Crippen molar-refractivity contribution in [1.82, 2.24) is 9.80 Å². The lowest BCUT2D eigenvalue weighted by Gasteiger charge is -2.39. The van der Waals surface area contributed by atoms with Crippen LogP contribution >= 0.6 is 11.6 Å². The van der Waals surface area contributed by atoms with Crippen molar-refractivity contribution in [3.63, 3.8) is 0 Å². The second kappa shape index (κ2) is 10.8. The monoisotopic (exact) mass is 424 g/mol. The van der Waals surface area contributed by atoms with Gasteiger partial charge >= 0.3 is 0 Å². The molecule has 29 heavy (non-hydrogen) atoms. The summed E-state index contributed by atoms with van der Waals surface area (Å²) in [6.07, 6.45) is 0.871. The highest BCUT2D eigenvalue weighted by molar-refractivity contribution is 6.30. The smallest absolute Gasteiger partial charge is 0.248 e. The number of piperidine rings is 1. The van der Waals surface area contributed by atoms with Crippen LogP contribution in [0, 0.1) is 5.92 Å². The molecule has 0 N–H and O–H groups in total. The number of carbonyl (C=O) groups is 2. The SMILES string of the molecule is CCOCC(=O)N1CC[C@H](Oc2ccc(Cl)cc2)[C@@H](CC(=O)N2CCOCC2)C1. The zero-order valence-electron chi connectivity index (χ0n) is 16.8. The number of hydrogen-bond acceptors (Lipinski definition) is 5. The van der Waals surface area contributed by atoms with E-state index in [1.807, 2.05) is 24.0 Å². The molecule has 0 spiro atoms. The molecule has 2 atom stereocenters. The van der Waals surface area contributed by atoms with Gasteiger partial charge in [0.15, 0.2) is 0 Å². The Morgan fingerprint density at radius 1 is 1.10 bits per heavy atom. The van der Waals surface area contributed by atoms with E-state index < -0.39 is 0 Å². The van der Waals surface area contributed by atoms with Gasteiger partial charge in [-0.1, -0.05) is 11.6 Å². The molecule has 2 amide bonds. The van der Waals surface area contributed by atoms with Crippen molar-refractivity contribution >= 4 is 23.4 Å². The summed E-state index contributed by atoms with van der Waals surface area (Å²) >= 11 is 5.96. The van der Waals surface area contributed by atoms with Crippen molar-refractivity contribution in [2.75, 3.05) is 52.6 Å². The summed E-state index contributed by atoms with van der Waals surface area (Å²) in [5, 5.41) is 0.646. The zero-order valence-corrected chi connectivity index (χ0v) is 17.6. The maximum absolute atomic E-state index is 12.8. The third-order valence-electron chi connectivity index (χ3n) is 5.35. The normalized spacial score (nSPS) is 22.4. The highest BCUT2D eigenvalue weighted by atomic mass is 35.5. The lowest BCUT2D eigenvalue weighted by molar-refractivity contribution is -0.143. The number of rotatable bonds is 7. The lowest BCUT2D eigenvalue weighted by Crippen LogP contribution is -2.51. The van der Waals surface area contributed by atoms with Crippen LogP contribution in [0.1, 0.15) is 19.8 Å². The largest absolute Gasteiger partial charge is 0.490 e. The Labute approximate surface area is 176 Å². The minimum absolute atomic E-state index is 0.0411. The molecule has 0 bridgehead atoms. The van der Waals surface area contributed by atoms with Gasteiger partial charge in [0, 0.05) is 56.6 Å². The highest BCUT2D eigenvalue weighted by Crippen LogP contribution is 2.27. The molecule has 2 fully saturated rings. The third-order valence-corrected chi connectivity index (χ3v) is 5.60. The van der Waals surface area contributed by atoms with Gasteiger partial charge in [-0.2, -0.15) is 0 Å². The molecule has 2 saturated heterocycles. The highest BCUT2D eigenvalue weighted by Gasteiger charge is 2.35. The number of likely N-dealkylation sites (tertiary alicyclic amines) is 1. The fourth-order valence-corrected chi connectivity index (χ4v) is 3.85. The second-order valence-electron chi connectivity index (χ2n) is 7.33. The molecule has 3 rings (SSSR count). The molecular weight excluding hydrogens is 396 g/mol. The summed E-state index contributed by atoms with van der Waals surface area (Å²) in [5.41, 5.74) is 0. The van der Waals surface area contributed by atoms with E-state index in [4.69, 9.17) is 25.8 Å². The van der Waals surface area contributed by atoms with Crippen molar-refractivity contribution in [2.24, 2.45) is 5.92 Å². The van der Waals surface area contributed by atoms with Gasteiger partial charge in [0.2, 0.25) is 11.8 Å². The van der Waals surface area contributed by atoms with Gasteiger partial charge in [-0.25, -0.2) is 0 Å². The zero-order chi connectivity index (χ0) is 20.6. The van der Waals surface area contributed by atoms with Gasteiger partial charge in [0.05, 0.1) is 13.2 Å². The fraction of sp³-hybridized carbons (Fsp3) is 0.619. The number of benzene rings is 1. The van der Waals surface area contributed by atoms with Crippen LogP contribution < -0.4 is 4.74 Å². The number of carbonyl (C=O) groups excluding carboxylic acids is 2. The van der Waals surface area contributed by atoms with Gasteiger partial charge in [0.25, 0.3) is 0 Å². The van der Waals surface area contributed by atoms with Crippen molar-refractivity contribution in [3.05, 3.63) is 29.3 Å². The summed E-state index contributed by atoms with van der Waals surface area (Å²) in [4.78, 5) is 28.9. The number of hydrogen-bond donors (Lipinski definition) is 0. The lowest BCUT2D eigenvalue weighted by atomic mass is 9.90. The molecule has 0 aromatic heterocycles. The Kier molecular flexibility index (Phi) is 8.15. The topological polar surface area (TPSA) is 68.3 Å². The van der Waals surface area contributed by atoms with Gasteiger partial charge < -0.3 is 24.0 Å². The van der Waals surface area contributed by atoms with E-state index in [9.17, 15) is 9.59 Å². The number of halogens is 1. The Bertz CT molecular complexity index is 678. The number of nitrogens with zero attached hydrogens (tertiary/aromatic N) is 2. The fourth-order valence-electron chi connectivity index (χ4n) is 3.72. The molecule has 0 unspecified atom stereocenters. The van der Waals surface area contributed by atoms with E-state index in [0.29, 0.717) is 63.9 Å². The van der Waals surface area contributed by atoms with Crippen molar-refractivity contribution in [1.29, 1.82) is 0 Å². The molecular formula is C21H29ClN2O5. The molecule has 8 heteroatoms. The summed E-state index contributed by atoms with van der Waals surface area (Å²) in [6.45, 7) is 5.88. The maximum atomic E-state index is 12.8. The summed E-state index contributed by atoms with van der Waals surface area (Å²) < 4.78 is 16.8. The third kappa shape index (κ3) is 6.32. The van der Waals surface area contributed by atoms with Crippen LogP contribution in [0.2, 0.25) is 5.02 Å². The van der Waals surface area contributed by atoms with Crippen molar-refractivity contribution < 1.29 is 23.8 Å². The minimum atomic E-state index is -0.141. The first kappa shape index (κ1) is 21.9. The van der Waals surface area contributed by atoms with Crippen LogP contribution in [0.15, 0.2) is 24.3 Å². The Hall–Kier alpha value is -1.83. The van der Waals surface area contributed by atoms with E-state index in [1.165, 1.54) is 0 Å². The molecule has 2 aliphatic rings. The predicted octanol–water partition coefficient (Wildman–Crippen LogP) is 2.22. The summed E-state index contributed by atoms with van der Waals surface area (Å²) in [5.74, 6) is 0.681. The van der Waals surface area contributed by atoms with Crippen LogP contribution in [-0.2, 0) is 19.1 Å². The summed E-state index contributed by atoms with van der Waals surface area (Å²) in [7, 11) is 0. The van der Waals surface area contributed by atoms with Crippen LogP contribution in [0.5, 0.6) is 5.75 Å². The van der Waals surface area contributed by atoms with Crippen LogP contribution in [0.4, 0.5) is 0 Å². The molecule has 0 radical (unpaired) electrons. The molecule has 0 saturated carbocycles. The quantitative estimate of drug-likeness (QED) is 0.671. The van der Waals surface area contributed by atoms with E-state index >= 15 is 0 Å². The van der Waals surface area contributed by atoms with E-state index in [1.54, 1.807) is 17.0 Å². The predicted molar refractivity (Wildman–Crippen MR) is 109 cm³/mol. The minimum Gasteiger partial charge on any atom is -0.490 e. The summed E-state index contributed by atoms with van der Waals surface area (Å²) in [6, 6.07) is 7.22. The first-order chi connectivity index (χ1) is 14.1. The van der Waals surface area contributed by atoms with E-state index in [0.717, 1.165) is 5.75 Å². The Morgan fingerprint density at radius 2 is 1.83 bits per heavy atom. The molecule has 7 nitrogen and oxygen atoms in total. The average Bonchev–Trinajstić information content (AvgIpc) is 2.75. The Balaban J connectivity index is 1.67. The molecule has 1 aromatic carbocycles. The van der Waals surface area contributed by atoms with E-state index in [2.05, 4.69) is 0 Å². The second-order valence-corrected chi connectivity index (χ2v) is 7.77. The van der Waals surface area contributed by atoms with E-state index in [-0.39, 0.29) is 30.4 Å². The van der Waals surface area contributed by atoms with Crippen molar-refractivity contribution in [3.8, 4) is 5.75 Å². The number of ether oxygens (including phenoxy) is 3. The van der Waals surface area contributed by atoms with Gasteiger partial charge in [-0.05, 0) is 31.2 Å². The first-order valence-corrected chi connectivity index (χ1v) is 10.6. The van der Waals surface area contributed by atoms with Crippen LogP contribution in [0.25, 0.3) is 0 Å². The Morgan fingerprint density at radius 3 is 2.52 bits per heavy atom. The molecule has 2 heterocycles. The van der Waals surface area contributed by atoms with Gasteiger partial charge in [-0.15, -0.1) is 0 Å². The number of amides is 2. The van der Waals surface area contributed by atoms with Gasteiger partial charge in [0.1, 0.15) is 18.5 Å².